The Bertz CT molecular complexity index is 537. The highest BCUT2D eigenvalue weighted by atomic mass is 79.9. The molecule has 88 valence electrons. The molecule has 0 aliphatic rings. The van der Waals surface area contributed by atoms with Crippen LogP contribution in [0.5, 0.6) is 5.75 Å². The van der Waals surface area contributed by atoms with Crippen molar-refractivity contribution in [2.24, 2.45) is 0 Å². The van der Waals surface area contributed by atoms with E-state index < -0.39 is 5.97 Å². The Balaban J connectivity index is 2.24. The van der Waals surface area contributed by atoms with Crippen molar-refractivity contribution < 1.29 is 13.9 Å². The molecule has 4 heteroatoms. The van der Waals surface area contributed by atoms with E-state index in [2.05, 4.69) is 15.9 Å². The molecule has 2 rings (SSSR count). The topological polar surface area (TPSA) is 39.4 Å². The third-order valence-electron chi connectivity index (χ3n) is 2.38. The Kier molecular flexibility index (Phi) is 3.33. The maximum absolute atomic E-state index is 11.8. The number of esters is 1. The molecule has 17 heavy (non-hydrogen) atoms. The SMILES string of the molecule is Cc1cccc(C)c1OC(=O)c1ccc(Br)o1. The summed E-state index contributed by atoms with van der Waals surface area (Å²) in [6, 6.07) is 8.94. The van der Waals surface area contributed by atoms with Crippen LogP contribution in [0.2, 0.25) is 0 Å². The van der Waals surface area contributed by atoms with Crippen LogP contribution in [0.1, 0.15) is 21.7 Å². The first-order valence-corrected chi connectivity index (χ1v) is 5.91. The van der Waals surface area contributed by atoms with Gasteiger partial charge in [0.15, 0.2) is 4.67 Å². The van der Waals surface area contributed by atoms with Crippen molar-refractivity contribution in [1.29, 1.82) is 0 Å². The minimum Gasteiger partial charge on any atom is -0.442 e. The van der Waals surface area contributed by atoms with Gasteiger partial charge in [0.1, 0.15) is 5.75 Å². The lowest BCUT2D eigenvalue weighted by Gasteiger charge is -2.08. The highest BCUT2D eigenvalue weighted by Gasteiger charge is 2.15. The van der Waals surface area contributed by atoms with E-state index in [1.54, 1.807) is 12.1 Å². The molecule has 0 radical (unpaired) electrons. The Morgan fingerprint density at radius 3 is 2.35 bits per heavy atom. The Labute approximate surface area is 108 Å². The fourth-order valence-corrected chi connectivity index (χ4v) is 1.83. The van der Waals surface area contributed by atoms with Crippen molar-refractivity contribution >= 4 is 21.9 Å². The summed E-state index contributed by atoms with van der Waals surface area (Å²) in [5.74, 6) is 0.276. The van der Waals surface area contributed by atoms with Crippen LogP contribution in [0.15, 0.2) is 39.4 Å². The first-order valence-electron chi connectivity index (χ1n) is 5.11. The van der Waals surface area contributed by atoms with Gasteiger partial charge in [0.05, 0.1) is 0 Å². The minimum absolute atomic E-state index is 0.180. The second-order valence-electron chi connectivity index (χ2n) is 3.71. The molecule has 0 amide bonds. The number of furan rings is 1. The van der Waals surface area contributed by atoms with E-state index in [-0.39, 0.29) is 5.76 Å². The van der Waals surface area contributed by atoms with Crippen LogP contribution in [0.25, 0.3) is 0 Å². The molecule has 2 aromatic rings. The third kappa shape index (κ3) is 2.58. The second kappa shape index (κ2) is 4.75. The van der Waals surface area contributed by atoms with E-state index in [0.717, 1.165) is 11.1 Å². The predicted octanol–water partition coefficient (Wildman–Crippen LogP) is 3.88. The smallest absolute Gasteiger partial charge is 0.379 e. The minimum atomic E-state index is -0.492. The molecule has 1 aromatic carbocycles. The number of aryl methyl sites for hydroxylation is 2. The van der Waals surface area contributed by atoms with Gasteiger partial charge in [-0.2, -0.15) is 0 Å². The number of benzene rings is 1. The zero-order chi connectivity index (χ0) is 12.4. The molecule has 0 spiro atoms. The summed E-state index contributed by atoms with van der Waals surface area (Å²) in [4.78, 5) is 11.8. The fourth-order valence-electron chi connectivity index (χ4n) is 1.53. The number of carbonyl (C=O) groups excluding carboxylic acids is 1. The van der Waals surface area contributed by atoms with Gasteiger partial charge in [-0.3, -0.25) is 0 Å². The number of para-hydroxylation sites is 1. The maximum Gasteiger partial charge on any atom is 0.379 e. The molecule has 0 saturated carbocycles. The third-order valence-corrected chi connectivity index (χ3v) is 2.80. The van der Waals surface area contributed by atoms with Gasteiger partial charge in [-0.1, -0.05) is 18.2 Å². The van der Waals surface area contributed by atoms with Crippen molar-refractivity contribution in [3.8, 4) is 5.75 Å². The van der Waals surface area contributed by atoms with E-state index in [1.807, 2.05) is 32.0 Å². The highest BCUT2D eigenvalue weighted by molar-refractivity contribution is 9.10. The Morgan fingerprint density at radius 1 is 1.18 bits per heavy atom. The van der Waals surface area contributed by atoms with Gasteiger partial charge in [0.25, 0.3) is 0 Å². The van der Waals surface area contributed by atoms with Crippen LogP contribution in [-0.2, 0) is 0 Å². The summed E-state index contributed by atoms with van der Waals surface area (Å²) in [5, 5.41) is 0. The zero-order valence-corrected chi connectivity index (χ0v) is 11.1. The van der Waals surface area contributed by atoms with Crippen LogP contribution in [0.4, 0.5) is 0 Å². The molecule has 3 nitrogen and oxygen atoms in total. The molecule has 0 fully saturated rings. The molecule has 0 unspecified atom stereocenters. The van der Waals surface area contributed by atoms with Crippen LogP contribution < -0.4 is 4.74 Å². The molecule has 0 aliphatic heterocycles. The number of carbonyl (C=O) groups is 1. The normalized spacial score (nSPS) is 10.3. The summed E-state index contributed by atoms with van der Waals surface area (Å²) in [5.41, 5.74) is 1.84. The second-order valence-corrected chi connectivity index (χ2v) is 4.50. The van der Waals surface area contributed by atoms with Gasteiger partial charge in [-0.15, -0.1) is 0 Å². The molecule has 1 heterocycles. The number of ether oxygens (including phenoxy) is 1. The molecule has 1 aromatic heterocycles. The summed E-state index contributed by atoms with van der Waals surface area (Å²) in [6.07, 6.45) is 0. The molecular formula is C13H11BrO3. The van der Waals surface area contributed by atoms with E-state index in [1.165, 1.54) is 0 Å². The van der Waals surface area contributed by atoms with Crippen LogP contribution in [0, 0.1) is 13.8 Å². The molecule has 0 saturated heterocycles. The summed E-state index contributed by atoms with van der Waals surface area (Å²) < 4.78 is 11.0. The fraction of sp³-hybridized carbons (Fsp3) is 0.154. The monoisotopic (exact) mass is 294 g/mol. The number of rotatable bonds is 2. The maximum atomic E-state index is 11.8. The molecule has 0 atom stereocenters. The Hall–Kier alpha value is -1.55. The predicted molar refractivity (Wildman–Crippen MR) is 67.3 cm³/mol. The number of hydrogen-bond acceptors (Lipinski definition) is 3. The summed E-state index contributed by atoms with van der Waals surface area (Å²) in [7, 11) is 0. The molecule has 0 bridgehead atoms. The zero-order valence-electron chi connectivity index (χ0n) is 9.49. The van der Waals surface area contributed by atoms with Crippen LogP contribution in [0.3, 0.4) is 0 Å². The average molecular weight is 295 g/mol. The summed E-state index contributed by atoms with van der Waals surface area (Å²) >= 11 is 3.14. The quantitative estimate of drug-likeness (QED) is 0.623. The van der Waals surface area contributed by atoms with E-state index >= 15 is 0 Å². The van der Waals surface area contributed by atoms with Gasteiger partial charge in [0.2, 0.25) is 5.76 Å². The van der Waals surface area contributed by atoms with Crippen LogP contribution >= 0.6 is 15.9 Å². The van der Waals surface area contributed by atoms with Gasteiger partial charge in [0, 0.05) is 0 Å². The van der Waals surface area contributed by atoms with Crippen molar-refractivity contribution in [2.45, 2.75) is 13.8 Å². The molecule has 0 aliphatic carbocycles. The first kappa shape index (κ1) is 11.9. The standard InChI is InChI=1S/C13H11BrO3/c1-8-4-3-5-9(2)12(8)17-13(15)10-6-7-11(14)16-10/h3-7H,1-2H3. The van der Waals surface area contributed by atoms with Crippen molar-refractivity contribution in [1.82, 2.24) is 0 Å². The average Bonchev–Trinajstić information content (AvgIpc) is 2.70. The van der Waals surface area contributed by atoms with E-state index in [0.29, 0.717) is 10.4 Å². The molecule has 0 N–H and O–H groups in total. The Morgan fingerprint density at radius 2 is 1.82 bits per heavy atom. The van der Waals surface area contributed by atoms with Gasteiger partial charge in [-0.05, 0) is 53.0 Å². The lowest BCUT2D eigenvalue weighted by Crippen LogP contribution is -2.09. The first-order chi connectivity index (χ1) is 8.08. The van der Waals surface area contributed by atoms with Crippen molar-refractivity contribution in [2.75, 3.05) is 0 Å². The largest absolute Gasteiger partial charge is 0.442 e. The lowest BCUT2D eigenvalue weighted by molar-refractivity contribution is 0.0697. The number of hydrogen-bond donors (Lipinski definition) is 0. The van der Waals surface area contributed by atoms with Crippen molar-refractivity contribution in [3.63, 3.8) is 0 Å². The lowest BCUT2D eigenvalue weighted by atomic mass is 10.1. The van der Waals surface area contributed by atoms with Crippen molar-refractivity contribution in [3.05, 3.63) is 51.9 Å². The van der Waals surface area contributed by atoms with Gasteiger partial charge < -0.3 is 9.15 Å². The molecular weight excluding hydrogens is 284 g/mol. The van der Waals surface area contributed by atoms with E-state index in [4.69, 9.17) is 9.15 Å². The van der Waals surface area contributed by atoms with Gasteiger partial charge in [-0.25, -0.2) is 4.79 Å². The highest BCUT2D eigenvalue weighted by Crippen LogP contribution is 2.24. The van der Waals surface area contributed by atoms with Gasteiger partial charge >= 0.3 is 5.97 Å². The summed E-state index contributed by atoms with van der Waals surface area (Å²) in [6.45, 7) is 3.79. The van der Waals surface area contributed by atoms with Crippen LogP contribution in [-0.4, -0.2) is 5.97 Å². The number of halogens is 1. The van der Waals surface area contributed by atoms with E-state index in [9.17, 15) is 4.79 Å².